The Balaban J connectivity index is 1.90. The molecule has 26 heavy (non-hydrogen) atoms. The highest BCUT2D eigenvalue weighted by Crippen LogP contribution is 2.27. The standard InChI is InChI=1S/C18H15NO6S/c1-26(24,25)12-8-6-11(7-9-12)15(18(22)23)10-19-16(20)13-4-2-3-5-14(13)17(19)21/h2-9,15H,10H2,1H3,(H,22,23). The molecule has 2 aromatic carbocycles. The molecule has 0 fully saturated rings. The number of imide groups is 1. The van der Waals surface area contributed by atoms with E-state index in [1.165, 1.54) is 36.4 Å². The van der Waals surface area contributed by atoms with Crippen molar-refractivity contribution in [2.75, 3.05) is 12.8 Å². The van der Waals surface area contributed by atoms with Crippen molar-refractivity contribution in [2.24, 2.45) is 0 Å². The molecule has 0 spiro atoms. The minimum absolute atomic E-state index is 0.0612. The van der Waals surface area contributed by atoms with Gasteiger partial charge in [0.25, 0.3) is 11.8 Å². The molecule has 1 heterocycles. The van der Waals surface area contributed by atoms with E-state index in [0.29, 0.717) is 5.56 Å². The van der Waals surface area contributed by atoms with Crippen LogP contribution in [0.25, 0.3) is 0 Å². The molecule has 1 unspecified atom stereocenters. The number of carbonyl (C=O) groups is 3. The van der Waals surface area contributed by atoms with Crippen LogP contribution in [0.2, 0.25) is 0 Å². The van der Waals surface area contributed by atoms with E-state index >= 15 is 0 Å². The van der Waals surface area contributed by atoms with Crippen LogP contribution >= 0.6 is 0 Å². The van der Waals surface area contributed by atoms with Crippen molar-refractivity contribution in [1.82, 2.24) is 4.90 Å². The van der Waals surface area contributed by atoms with Gasteiger partial charge in [0.2, 0.25) is 0 Å². The molecule has 2 amide bonds. The van der Waals surface area contributed by atoms with E-state index in [2.05, 4.69) is 0 Å². The molecule has 0 aromatic heterocycles. The Labute approximate surface area is 149 Å². The number of aliphatic carboxylic acids is 1. The molecule has 1 aliphatic heterocycles. The van der Waals surface area contributed by atoms with E-state index in [0.717, 1.165) is 11.2 Å². The Morgan fingerprint density at radius 2 is 1.50 bits per heavy atom. The summed E-state index contributed by atoms with van der Waals surface area (Å²) in [6.45, 7) is -0.333. The molecular weight excluding hydrogens is 358 g/mol. The first-order valence-electron chi connectivity index (χ1n) is 7.68. The monoisotopic (exact) mass is 373 g/mol. The molecule has 0 saturated carbocycles. The lowest BCUT2D eigenvalue weighted by atomic mass is 9.98. The van der Waals surface area contributed by atoms with Gasteiger partial charge in [-0.25, -0.2) is 8.42 Å². The summed E-state index contributed by atoms with van der Waals surface area (Å²) in [6.07, 6.45) is 1.05. The second-order valence-electron chi connectivity index (χ2n) is 6.00. The van der Waals surface area contributed by atoms with Crippen molar-refractivity contribution in [3.63, 3.8) is 0 Å². The van der Waals surface area contributed by atoms with Gasteiger partial charge in [-0.05, 0) is 29.8 Å². The van der Waals surface area contributed by atoms with Crippen LogP contribution in [0, 0.1) is 0 Å². The molecule has 2 aromatic rings. The predicted molar refractivity (Wildman–Crippen MR) is 91.7 cm³/mol. The number of rotatable bonds is 5. The van der Waals surface area contributed by atoms with Gasteiger partial charge >= 0.3 is 5.97 Å². The van der Waals surface area contributed by atoms with Crippen LogP contribution in [-0.2, 0) is 14.6 Å². The first-order valence-corrected chi connectivity index (χ1v) is 9.57. The zero-order valence-electron chi connectivity index (χ0n) is 13.7. The van der Waals surface area contributed by atoms with E-state index in [-0.39, 0.29) is 22.6 Å². The smallest absolute Gasteiger partial charge is 0.312 e. The first kappa shape index (κ1) is 17.8. The largest absolute Gasteiger partial charge is 0.481 e. The summed E-state index contributed by atoms with van der Waals surface area (Å²) in [5.41, 5.74) is 0.796. The molecule has 0 saturated heterocycles. The lowest BCUT2D eigenvalue weighted by Gasteiger charge is -2.20. The molecule has 134 valence electrons. The third-order valence-corrected chi connectivity index (χ3v) is 5.38. The summed E-state index contributed by atoms with van der Waals surface area (Å²) in [6, 6.07) is 11.7. The molecule has 0 aliphatic carbocycles. The average Bonchev–Trinajstić information content (AvgIpc) is 2.83. The average molecular weight is 373 g/mol. The lowest BCUT2D eigenvalue weighted by molar-refractivity contribution is -0.138. The molecule has 3 rings (SSSR count). The summed E-state index contributed by atoms with van der Waals surface area (Å²) in [5, 5.41) is 9.54. The number of hydrogen-bond donors (Lipinski definition) is 1. The maximum Gasteiger partial charge on any atom is 0.312 e. The molecule has 1 atom stereocenters. The Hall–Kier alpha value is -3.00. The second-order valence-corrected chi connectivity index (χ2v) is 8.01. The van der Waals surface area contributed by atoms with Gasteiger partial charge in [-0.15, -0.1) is 0 Å². The van der Waals surface area contributed by atoms with Crippen LogP contribution in [0.1, 0.15) is 32.2 Å². The highest BCUT2D eigenvalue weighted by Gasteiger charge is 2.38. The molecule has 7 nitrogen and oxygen atoms in total. The van der Waals surface area contributed by atoms with Gasteiger partial charge in [0.15, 0.2) is 9.84 Å². The summed E-state index contributed by atoms with van der Waals surface area (Å²) >= 11 is 0. The number of hydrogen-bond acceptors (Lipinski definition) is 5. The van der Waals surface area contributed by atoms with E-state index < -0.39 is 33.5 Å². The highest BCUT2D eigenvalue weighted by molar-refractivity contribution is 7.90. The highest BCUT2D eigenvalue weighted by atomic mass is 32.2. The quantitative estimate of drug-likeness (QED) is 0.797. The van der Waals surface area contributed by atoms with Gasteiger partial charge in [0.1, 0.15) is 0 Å². The first-order chi connectivity index (χ1) is 12.2. The third kappa shape index (κ3) is 3.11. The SMILES string of the molecule is CS(=O)(=O)c1ccc(C(CN2C(=O)c3ccccc3C2=O)C(=O)O)cc1. The number of benzene rings is 2. The van der Waals surface area contributed by atoms with Crippen LogP contribution in [0.4, 0.5) is 0 Å². The van der Waals surface area contributed by atoms with Crippen molar-refractivity contribution in [2.45, 2.75) is 10.8 Å². The van der Waals surface area contributed by atoms with E-state index in [1.54, 1.807) is 12.1 Å². The van der Waals surface area contributed by atoms with Gasteiger partial charge in [-0.3, -0.25) is 19.3 Å². The van der Waals surface area contributed by atoms with Crippen molar-refractivity contribution in [1.29, 1.82) is 0 Å². The Morgan fingerprint density at radius 1 is 1.00 bits per heavy atom. The molecule has 8 heteroatoms. The second kappa shape index (κ2) is 6.38. The van der Waals surface area contributed by atoms with Crippen LogP contribution in [0.3, 0.4) is 0 Å². The summed E-state index contributed by atoms with van der Waals surface area (Å²) in [5.74, 6) is -3.45. The van der Waals surface area contributed by atoms with Crippen molar-refractivity contribution in [3.8, 4) is 0 Å². The maximum absolute atomic E-state index is 12.4. The van der Waals surface area contributed by atoms with E-state index in [1.807, 2.05) is 0 Å². The number of sulfone groups is 1. The topological polar surface area (TPSA) is 109 Å². The Bertz CT molecular complexity index is 975. The Kier molecular flexibility index (Phi) is 4.37. The fourth-order valence-electron chi connectivity index (χ4n) is 2.86. The fourth-order valence-corrected chi connectivity index (χ4v) is 3.49. The third-order valence-electron chi connectivity index (χ3n) is 4.25. The zero-order chi connectivity index (χ0) is 19.1. The van der Waals surface area contributed by atoms with Gasteiger partial charge in [-0.2, -0.15) is 0 Å². The zero-order valence-corrected chi connectivity index (χ0v) is 14.6. The molecule has 1 aliphatic rings. The van der Waals surface area contributed by atoms with Gasteiger partial charge < -0.3 is 5.11 Å². The van der Waals surface area contributed by atoms with Crippen LogP contribution < -0.4 is 0 Å². The number of carboxylic acids is 1. The molecule has 0 bridgehead atoms. The maximum atomic E-state index is 12.4. The van der Waals surface area contributed by atoms with Crippen molar-refractivity contribution in [3.05, 3.63) is 65.2 Å². The fraction of sp³-hybridized carbons (Fsp3) is 0.167. The molecule has 0 radical (unpaired) electrons. The Morgan fingerprint density at radius 3 is 1.92 bits per heavy atom. The van der Waals surface area contributed by atoms with E-state index in [4.69, 9.17) is 0 Å². The summed E-state index contributed by atoms with van der Waals surface area (Å²) < 4.78 is 23.0. The van der Waals surface area contributed by atoms with E-state index in [9.17, 15) is 27.9 Å². The minimum atomic E-state index is -3.41. The molecular formula is C18H15NO6S. The van der Waals surface area contributed by atoms with Gasteiger partial charge in [0, 0.05) is 12.8 Å². The van der Waals surface area contributed by atoms with Gasteiger partial charge in [0.05, 0.1) is 21.9 Å². The number of amides is 2. The summed E-state index contributed by atoms with van der Waals surface area (Å²) in [7, 11) is -3.41. The van der Waals surface area contributed by atoms with Gasteiger partial charge in [-0.1, -0.05) is 24.3 Å². The predicted octanol–water partition coefficient (Wildman–Crippen LogP) is 1.55. The number of nitrogens with zero attached hydrogens (tertiary/aromatic N) is 1. The van der Waals surface area contributed by atoms with Crippen molar-refractivity contribution < 1.29 is 27.9 Å². The van der Waals surface area contributed by atoms with Crippen molar-refractivity contribution >= 4 is 27.6 Å². The normalized spacial score (nSPS) is 15.0. The van der Waals surface area contributed by atoms with Crippen LogP contribution in [0.15, 0.2) is 53.4 Å². The summed E-state index contributed by atoms with van der Waals surface area (Å²) in [4.78, 5) is 37.5. The minimum Gasteiger partial charge on any atom is -0.481 e. The number of fused-ring (bicyclic) bond motifs is 1. The van der Waals surface area contributed by atoms with Crippen LogP contribution in [-0.4, -0.2) is 49.0 Å². The number of carbonyl (C=O) groups excluding carboxylic acids is 2. The van der Waals surface area contributed by atoms with Crippen LogP contribution in [0.5, 0.6) is 0 Å². The lowest BCUT2D eigenvalue weighted by Crippen LogP contribution is -2.36. The number of carboxylic acid groups (broad SMARTS) is 1. The molecule has 1 N–H and O–H groups in total.